The summed E-state index contributed by atoms with van der Waals surface area (Å²) in [5, 5.41) is 3.03. The summed E-state index contributed by atoms with van der Waals surface area (Å²) >= 11 is 5.99. The first-order valence-electron chi connectivity index (χ1n) is 8.36. The van der Waals surface area contributed by atoms with E-state index in [1.807, 2.05) is 0 Å². The zero-order valence-electron chi connectivity index (χ0n) is 14.6. The minimum absolute atomic E-state index is 0.405. The number of benzene rings is 2. The Balaban J connectivity index is 1.56. The summed E-state index contributed by atoms with van der Waals surface area (Å²) in [6, 6.07) is 12.2. The van der Waals surface area contributed by atoms with E-state index in [0.29, 0.717) is 35.4 Å². The van der Waals surface area contributed by atoms with Crippen LogP contribution in [0.5, 0.6) is 11.5 Å². The first kappa shape index (κ1) is 18.8. The molecule has 1 heterocycles. The second-order valence-corrected chi connectivity index (χ2v) is 6.19. The highest BCUT2D eigenvalue weighted by Gasteiger charge is 2.17. The number of hydrogen-bond donors (Lipinski definition) is 1. The Morgan fingerprint density at radius 2 is 1.89 bits per heavy atom. The highest BCUT2D eigenvalue weighted by molar-refractivity contribution is 6.33. The van der Waals surface area contributed by atoms with Gasteiger partial charge in [0.1, 0.15) is 13.2 Å². The number of nitrogens with one attached hydrogen (secondary N) is 1. The van der Waals surface area contributed by atoms with Gasteiger partial charge in [-0.15, -0.1) is 0 Å². The van der Waals surface area contributed by atoms with E-state index >= 15 is 0 Å². The molecule has 0 saturated carbocycles. The zero-order chi connectivity index (χ0) is 19.2. The van der Waals surface area contributed by atoms with E-state index in [1.54, 1.807) is 48.5 Å². The summed E-state index contributed by atoms with van der Waals surface area (Å²) in [6.07, 6.45) is 1.86. The minimum atomic E-state index is -0.973. The molecule has 0 spiro atoms. The maximum Gasteiger partial charge on any atom is 0.331 e. The number of para-hydroxylation sites is 1. The quantitative estimate of drug-likeness (QED) is 0.625. The smallest absolute Gasteiger partial charge is 0.331 e. The molecule has 2 aromatic carbocycles. The molecule has 1 unspecified atom stereocenters. The van der Waals surface area contributed by atoms with Crippen LogP contribution in [0, 0.1) is 0 Å². The zero-order valence-corrected chi connectivity index (χ0v) is 15.4. The maximum atomic E-state index is 12.1. The van der Waals surface area contributed by atoms with Crippen LogP contribution in [0.4, 0.5) is 5.69 Å². The number of esters is 1. The van der Waals surface area contributed by atoms with Gasteiger partial charge >= 0.3 is 5.97 Å². The van der Waals surface area contributed by atoms with Crippen molar-refractivity contribution >= 4 is 35.2 Å². The van der Waals surface area contributed by atoms with Gasteiger partial charge in [-0.2, -0.15) is 0 Å². The largest absolute Gasteiger partial charge is 0.486 e. The molecule has 7 heteroatoms. The van der Waals surface area contributed by atoms with Crippen molar-refractivity contribution < 1.29 is 23.8 Å². The first-order chi connectivity index (χ1) is 13.0. The van der Waals surface area contributed by atoms with E-state index < -0.39 is 18.0 Å². The van der Waals surface area contributed by atoms with E-state index in [0.717, 1.165) is 5.56 Å². The van der Waals surface area contributed by atoms with Gasteiger partial charge in [0.25, 0.3) is 5.91 Å². The lowest BCUT2D eigenvalue weighted by Crippen LogP contribution is -2.29. The number of rotatable bonds is 5. The Bertz CT molecular complexity index is 880. The number of hydrogen-bond acceptors (Lipinski definition) is 5. The third-order valence-corrected chi connectivity index (χ3v) is 4.10. The number of halogens is 1. The van der Waals surface area contributed by atoms with Crippen LogP contribution in [0.15, 0.2) is 48.5 Å². The summed E-state index contributed by atoms with van der Waals surface area (Å²) in [5.41, 5.74) is 1.21. The van der Waals surface area contributed by atoms with E-state index in [9.17, 15) is 9.59 Å². The van der Waals surface area contributed by atoms with Crippen molar-refractivity contribution in [3.8, 4) is 11.5 Å². The van der Waals surface area contributed by atoms with Crippen molar-refractivity contribution in [2.45, 2.75) is 13.0 Å². The fourth-order valence-corrected chi connectivity index (χ4v) is 2.57. The normalized spacial score (nSPS) is 13.9. The summed E-state index contributed by atoms with van der Waals surface area (Å²) < 4.78 is 16.1. The number of carbonyl (C=O) groups excluding carboxylic acids is 2. The van der Waals surface area contributed by atoms with Crippen molar-refractivity contribution in [1.29, 1.82) is 0 Å². The molecular weight excluding hydrogens is 370 g/mol. The topological polar surface area (TPSA) is 73.9 Å². The van der Waals surface area contributed by atoms with Crippen LogP contribution in [0.2, 0.25) is 5.02 Å². The fraction of sp³-hybridized carbons (Fsp3) is 0.200. The molecule has 0 radical (unpaired) electrons. The van der Waals surface area contributed by atoms with Crippen molar-refractivity contribution in [2.75, 3.05) is 18.5 Å². The van der Waals surface area contributed by atoms with Gasteiger partial charge in [-0.1, -0.05) is 29.8 Å². The average Bonchev–Trinajstić information content (AvgIpc) is 2.68. The second kappa shape index (κ2) is 8.60. The van der Waals surface area contributed by atoms with Gasteiger partial charge in [0, 0.05) is 6.08 Å². The highest BCUT2D eigenvalue weighted by atomic mass is 35.5. The molecule has 2 aromatic rings. The predicted molar refractivity (Wildman–Crippen MR) is 102 cm³/mol. The first-order valence-corrected chi connectivity index (χ1v) is 8.74. The van der Waals surface area contributed by atoms with Crippen LogP contribution in [0.25, 0.3) is 6.08 Å². The van der Waals surface area contributed by atoms with Gasteiger partial charge in [-0.05, 0) is 42.8 Å². The molecule has 1 aliphatic heterocycles. The van der Waals surface area contributed by atoms with Crippen molar-refractivity contribution in [3.63, 3.8) is 0 Å². The molecule has 0 bridgehead atoms. The van der Waals surface area contributed by atoms with Gasteiger partial charge in [0.15, 0.2) is 17.6 Å². The van der Waals surface area contributed by atoms with Crippen LogP contribution in [0.1, 0.15) is 12.5 Å². The van der Waals surface area contributed by atoms with E-state index in [2.05, 4.69) is 5.32 Å². The van der Waals surface area contributed by atoms with Crippen LogP contribution >= 0.6 is 11.6 Å². The standard InChI is InChI=1S/C20H18ClNO5/c1-13(20(24)22-16-5-3-2-4-15(16)21)27-19(23)9-7-14-6-8-17-18(12-14)26-11-10-25-17/h2-9,12-13H,10-11H2,1H3,(H,22,24). The van der Waals surface area contributed by atoms with Crippen molar-refractivity contribution in [2.24, 2.45) is 0 Å². The lowest BCUT2D eigenvalue weighted by Gasteiger charge is -2.18. The van der Waals surface area contributed by atoms with Crippen molar-refractivity contribution in [3.05, 3.63) is 59.1 Å². The molecule has 1 amide bonds. The molecule has 6 nitrogen and oxygen atoms in total. The maximum absolute atomic E-state index is 12.1. The third-order valence-electron chi connectivity index (χ3n) is 3.77. The van der Waals surface area contributed by atoms with Crippen LogP contribution in [-0.4, -0.2) is 31.2 Å². The highest BCUT2D eigenvalue weighted by Crippen LogP contribution is 2.31. The summed E-state index contributed by atoms with van der Waals surface area (Å²) in [7, 11) is 0. The van der Waals surface area contributed by atoms with E-state index in [1.165, 1.54) is 13.0 Å². The second-order valence-electron chi connectivity index (χ2n) is 5.78. The summed E-state index contributed by atoms with van der Waals surface area (Å²) in [5.74, 6) is 0.200. The average molecular weight is 388 g/mol. The SMILES string of the molecule is CC(OC(=O)C=Cc1ccc2c(c1)OCCO2)C(=O)Nc1ccccc1Cl. The van der Waals surface area contributed by atoms with Gasteiger partial charge < -0.3 is 19.5 Å². The molecular formula is C20H18ClNO5. The number of fused-ring (bicyclic) bond motifs is 1. The van der Waals surface area contributed by atoms with Crippen LogP contribution in [-0.2, 0) is 14.3 Å². The monoisotopic (exact) mass is 387 g/mol. The molecule has 27 heavy (non-hydrogen) atoms. The molecule has 0 aromatic heterocycles. The Hall–Kier alpha value is -2.99. The predicted octanol–water partition coefficient (Wildman–Crippen LogP) is 3.69. The number of amides is 1. The van der Waals surface area contributed by atoms with Gasteiger partial charge in [-0.3, -0.25) is 4.79 Å². The minimum Gasteiger partial charge on any atom is -0.486 e. The van der Waals surface area contributed by atoms with Crippen LogP contribution < -0.4 is 14.8 Å². The molecule has 0 aliphatic carbocycles. The van der Waals surface area contributed by atoms with Gasteiger partial charge in [0.05, 0.1) is 10.7 Å². The van der Waals surface area contributed by atoms with Gasteiger partial charge in [-0.25, -0.2) is 4.79 Å². The number of ether oxygens (including phenoxy) is 3. The number of anilines is 1. The summed E-state index contributed by atoms with van der Waals surface area (Å²) in [4.78, 5) is 24.1. The Labute approximate surface area is 161 Å². The lowest BCUT2D eigenvalue weighted by molar-refractivity contribution is -0.148. The number of carbonyl (C=O) groups is 2. The Kier molecular flexibility index (Phi) is 5.98. The Morgan fingerprint density at radius 3 is 2.67 bits per heavy atom. The lowest BCUT2D eigenvalue weighted by atomic mass is 10.2. The summed E-state index contributed by atoms with van der Waals surface area (Å²) in [6.45, 7) is 2.49. The molecule has 140 valence electrons. The fourth-order valence-electron chi connectivity index (χ4n) is 2.39. The van der Waals surface area contributed by atoms with E-state index in [-0.39, 0.29) is 0 Å². The molecule has 1 atom stereocenters. The van der Waals surface area contributed by atoms with Crippen LogP contribution in [0.3, 0.4) is 0 Å². The molecule has 3 rings (SSSR count). The molecule has 0 fully saturated rings. The molecule has 1 aliphatic rings. The molecule has 1 N–H and O–H groups in total. The van der Waals surface area contributed by atoms with Gasteiger partial charge in [0.2, 0.25) is 0 Å². The van der Waals surface area contributed by atoms with Crippen molar-refractivity contribution in [1.82, 2.24) is 0 Å². The Morgan fingerprint density at radius 1 is 1.15 bits per heavy atom. The molecule has 0 saturated heterocycles. The van der Waals surface area contributed by atoms with E-state index in [4.69, 9.17) is 25.8 Å². The third kappa shape index (κ3) is 5.01.